The van der Waals surface area contributed by atoms with Crippen molar-refractivity contribution in [1.82, 2.24) is 0 Å². The fraction of sp³-hybridized carbons (Fsp3) is 0.125. The summed E-state index contributed by atoms with van der Waals surface area (Å²) in [5, 5.41) is 8.93. The maximum absolute atomic E-state index is 12.3. The number of rotatable bonds is 6. The van der Waals surface area contributed by atoms with Crippen molar-refractivity contribution in [1.29, 1.82) is 0 Å². The first-order valence-electron chi connectivity index (χ1n) is 6.97. The molecule has 2 aromatic carbocycles. The number of anilines is 1. The first-order valence-corrected chi connectivity index (χ1v) is 8.45. The minimum absolute atomic E-state index is 0.129. The Labute approximate surface area is 138 Å². The summed E-state index contributed by atoms with van der Waals surface area (Å²) in [6.45, 7) is 1.93. The molecule has 0 aliphatic carbocycles. The van der Waals surface area contributed by atoms with Gasteiger partial charge in [0.15, 0.2) is 0 Å². The van der Waals surface area contributed by atoms with E-state index in [1.54, 1.807) is 6.92 Å². The van der Waals surface area contributed by atoms with Gasteiger partial charge in [-0.25, -0.2) is 18.0 Å². The van der Waals surface area contributed by atoms with Gasteiger partial charge in [-0.2, -0.15) is 0 Å². The van der Waals surface area contributed by atoms with E-state index in [1.165, 1.54) is 42.5 Å². The van der Waals surface area contributed by atoms with Gasteiger partial charge in [-0.3, -0.25) is 4.72 Å². The second kappa shape index (κ2) is 7.14. The Balaban J connectivity index is 2.22. The third-order valence-corrected chi connectivity index (χ3v) is 4.42. The Hall–Kier alpha value is -2.87. The van der Waals surface area contributed by atoms with Crippen LogP contribution in [0.15, 0.2) is 53.4 Å². The summed E-state index contributed by atoms with van der Waals surface area (Å²) in [6.07, 6.45) is 0. The number of aromatic carboxylic acids is 1. The average molecular weight is 349 g/mol. The number of carboxylic acids is 1. The molecule has 0 bridgehead atoms. The van der Waals surface area contributed by atoms with Crippen LogP contribution < -0.4 is 4.72 Å². The van der Waals surface area contributed by atoms with Crippen LogP contribution in [0.25, 0.3) is 0 Å². The molecule has 8 heteroatoms. The molecule has 0 saturated heterocycles. The van der Waals surface area contributed by atoms with Gasteiger partial charge in [0, 0.05) is 5.69 Å². The van der Waals surface area contributed by atoms with Crippen LogP contribution in [0.4, 0.5) is 5.69 Å². The van der Waals surface area contributed by atoms with Crippen molar-refractivity contribution in [3.63, 3.8) is 0 Å². The number of sulfonamides is 1. The van der Waals surface area contributed by atoms with Crippen LogP contribution in [-0.2, 0) is 14.8 Å². The molecule has 0 aliphatic rings. The van der Waals surface area contributed by atoms with Crippen LogP contribution in [0.3, 0.4) is 0 Å². The largest absolute Gasteiger partial charge is 0.478 e. The predicted octanol–water partition coefficient (Wildman–Crippen LogP) is 2.36. The Morgan fingerprint density at radius 1 is 1.08 bits per heavy atom. The molecule has 126 valence electrons. The molecule has 24 heavy (non-hydrogen) atoms. The highest BCUT2D eigenvalue weighted by Crippen LogP contribution is 2.18. The summed E-state index contributed by atoms with van der Waals surface area (Å²) in [5.74, 6) is -1.72. The first kappa shape index (κ1) is 17.5. The molecule has 0 atom stereocenters. The van der Waals surface area contributed by atoms with Crippen molar-refractivity contribution in [2.45, 2.75) is 11.8 Å². The Morgan fingerprint density at radius 3 is 2.33 bits per heavy atom. The number of esters is 1. The molecule has 0 radical (unpaired) electrons. The molecule has 2 rings (SSSR count). The zero-order chi connectivity index (χ0) is 17.7. The number of hydrogen-bond donors (Lipinski definition) is 2. The summed E-state index contributed by atoms with van der Waals surface area (Å²) in [7, 11) is -3.94. The number of benzene rings is 2. The van der Waals surface area contributed by atoms with Crippen molar-refractivity contribution in [2.75, 3.05) is 11.3 Å². The van der Waals surface area contributed by atoms with E-state index in [0.29, 0.717) is 5.56 Å². The topological polar surface area (TPSA) is 110 Å². The molecule has 7 nitrogen and oxygen atoms in total. The van der Waals surface area contributed by atoms with E-state index in [0.717, 1.165) is 6.07 Å². The lowest BCUT2D eigenvalue weighted by Crippen LogP contribution is -2.14. The standard InChI is InChI=1S/C16H15NO6S/c1-2-23-16(20)11-6-8-13(9-7-11)17-24(21,22)14-5-3-4-12(10-14)15(18)19/h3-10,17H,2H2,1H3,(H,18,19). The van der Waals surface area contributed by atoms with E-state index in [1.807, 2.05) is 0 Å². The lowest BCUT2D eigenvalue weighted by molar-refractivity contribution is 0.0526. The van der Waals surface area contributed by atoms with Crippen LogP contribution in [0.5, 0.6) is 0 Å². The van der Waals surface area contributed by atoms with Gasteiger partial charge in [0.05, 0.1) is 22.6 Å². The van der Waals surface area contributed by atoms with E-state index in [-0.39, 0.29) is 22.8 Å². The second-order valence-corrected chi connectivity index (χ2v) is 6.42. The molecule has 0 spiro atoms. The van der Waals surface area contributed by atoms with E-state index < -0.39 is 22.0 Å². The summed E-state index contributed by atoms with van der Waals surface area (Å²) in [6, 6.07) is 10.7. The first-order chi connectivity index (χ1) is 11.3. The third-order valence-electron chi connectivity index (χ3n) is 3.04. The smallest absolute Gasteiger partial charge is 0.338 e. The van der Waals surface area contributed by atoms with Gasteiger partial charge in [-0.05, 0) is 49.4 Å². The Morgan fingerprint density at radius 2 is 1.75 bits per heavy atom. The summed E-state index contributed by atoms with van der Waals surface area (Å²) < 4.78 is 31.8. The molecule has 0 aliphatic heterocycles. The molecular weight excluding hydrogens is 334 g/mol. The van der Waals surface area contributed by atoms with E-state index in [2.05, 4.69) is 4.72 Å². The number of nitrogens with one attached hydrogen (secondary N) is 1. The van der Waals surface area contributed by atoms with E-state index >= 15 is 0 Å². The van der Waals surface area contributed by atoms with Crippen LogP contribution in [-0.4, -0.2) is 32.1 Å². The van der Waals surface area contributed by atoms with Crippen molar-refractivity contribution in [3.05, 3.63) is 59.7 Å². The lowest BCUT2D eigenvalue weighted by Gasteiger charge is -2.09. The third kappa shape index (κ3) is 4.11. The van der Waals surface area contributed by atoms with Crippen LogP contribution in [0, 0.1) is 0 Å². The SMILES string of the molecule is CCOC(=O)c1ccc(NS(=O)(=O)c2cccc(C(=O)O)c2)cc1. The normalized spacial score (nSPS) is 10.9. The van der Waals surface area contributed by atoms with E-state index in [9.17, 15) is 18.0 Å². The minimum atomic E-state index is -3.94. The van der Waals surface area contributed by atoms with Gasteiger partial charge in [0.2, 0.25) is 0 Å². The van der Waals surface area contributed by atoms with E-state index in [4.69, 9.17) is 9.84 Å². The van der Waals surface area contributed by atoms with Crippen LogP contribution in [0.1, 0.15) is 27.6 Å². The number of carbonyl (C=O) groups excluding carboxylic acids is 1. The van der Waals surface area contributed by atoms with Gasteiger partial charge in [0.25, 0.3) is 10.0 Å². The highest BCUT2D eigenvalue weighted by molar-refractivity contribution is 7.92. The molecule has 0 unspecified atom stereocenters. The summed E-state index contributed by atoms with van der Waals surface area (Å²) in [5.41, 5.74) is 0.409. The van der Waals surface area contributed by atoms with Gasteiger partial charge in [-0.1, -0.05) is 6.07 Å². The number of ether oxygens (including phenoxy) is 1. The summed E-state index contributed by atoms with van der Waals surface area (Å²) in [4.78, 5) is 22.3. The number of carboxylic acid groups (broad SMARTS) is 1. The molecule has 2 N–H and O–H groups in total. The Bertz CT molecular complexity index is 858. The lowest BCUT2D eigenvalue weighted by atomic mass is 10.2. The van der Waals surface area contributed by atoms with Gasteiger partial charge in [0.1, 0.15) is 0 Å². The highest BCUT2D eigenvalue weighted by Gasteiger charge is 2.16. The fourth-order valence-corrected chi connectivity index (χ4v) is 3.00. The molecule has 0 heterocycles. The maximum atomic E-state index is 12.3. The maximum Gasteiger partial charge on any atom is 0.338 e. The molecule has 0 amide bonds. The second-order valence-electron chi connectivity index (χ2n) is 4.74. The van der Waals surface area contributed by atoms with Crippen molar-refractivity contribution < 1.29 is 27.9 Å². The highest BCUT2D eigenvalue weighted by atomic mass is 32.2. The predicted molar refractivity (Wildman–Crippen MR) is 86.6 cm³/mol. The molecule has 0 saturated carbocycles. The van der Waals surface area contributed by atoms with Gasteiger partial charge >= 0.3 is 11.9 Å². The monoisotopic (exact) mass is 349 g/mol. The quantitative estimate of drug-likeness (QED) is 0.775. The van der Waals surface area contributed by atoms with Gasteiger partial charge in [-0.15, -0.1) is 0 Å². The van der Waals surface area contributed by atoms with Crippen LogP contribution >= 0.6 is 0 Å². The molecule has 2 aromatic rings. The molecule has 0 aromatic heterocycles. The zero-order valence-corrected chi connectivity index (χ0v) is 13.5. The fourth-order valence-electron chi connectivity index (χ4n) is 1.90. The van der Waals surface area contributed by atoms with Crippen molar-refractivity contribution in [2.24, 2.45) is 0 Å². The molecular formula is C16H15NO6S. The number of carbonyl (C=O) groups is 2. The van der Waals surface area contributed by atoms with Gasteiger partial charge < -0.3 is 9.84 Å². The van der Waals surface area contributed by atoms with Crippen molar-refractivity contribution in [3.8, 4) is 0 Å². The average Bonchev–Trinajstić information content (AvgIpc) is 2.55. The van der Waals surface area contributed by atoms with Crippen molar-refractivity contribution >= 4 is 27.6 Å². The minimum Gasteiger partial charge on any atom is -0.478 e. The summed E-state index contributed by atoms with van der Waals surface area (Å²) >= 11 is 0. The zero-order valence-electron chi connectivity index (χ0n) is 12.7. The molecule has 0 fully saturated rings. The van der Waals surface area contributed by atoms with Crippen LogP contribution in [0.2, 0.25) is 0 Å². The number of hydrogen-bond acceptors (Lipinski definition) is 5. The Kier molecular flexibility index (Phi) is 5.20.